The highest BCUT2D eigenvalue weighted by Crippen LogP contribution is 2.14. The standard InChI is InChI=1S/C21H22Cl2N4O2/c1-2-3-10-17(20(28)26-24-13-15-8-4-6-11-18(15)22)21(29)27-25-14-16-9-5-7-12-19(16)23/h4-9,11-14,17H,2-3,10H2,1H3,(H,26,28)(H,27,29)/b24-13-,25-14-. The molecule has 29 heavy (non-hydrogen) atoms. The van der Waals surface area contributed by atoms with Crippen LogP contribution in [0.15, 0.2) is 58.7 Å². The first-order chi connectivity index (χ1) is 14.0. The molecule has 0 heterocycles. The predicted octanol–water partition coefficient (Wildman–Crippen LogP) is 4.40. The summed E-state index contributed by atoms with van der Waals surface area (Å²) in [6.45, 7) is 1.98. The molecule has 0 bridgehead atoms. The SMILES string of the molecule is CCCCC(C(=O)N/N=C\c1ccccc1Cl)C(=O)N/N=C\c1ccccc1Cl. The Hall–Kier alpha value is -2.70. The van der Waals surface area contributed by atoms with E-state index in [0.717, 1.165) is 6.42 Å². The maximum atomic E-state index is 12.5. The van der Waals surface area contributed by atoms with Gasteiger partial charge in [0.2, 0.25) is 0 Å². The number of nitrogens with zero attached hydrogens (tertiary/aromatic N) is 2. The van der Waals surface area contributed by atoms with E-state index < -0.39 is 17.7 Å². The van der Waals surface area contributed by atoms with Gasteiger partial charge in [-0.05, 0) is 18.6 Å². The van der Waals surface area contributed by atoms with Gasteiger partial charge in [-0.15, -0.1) is 0 Å². The molecule has 8 heteroatoms. The van der Waals surface area contributed by atoms with Crippen LogP contribution < -0.4 is 10.9 Å². The monoisotopic (exact) mass is 432 g/mol. The van der Waals surface area contributed by atoms with E-state index in [9.17, 15) is 9.59 Å². The lowest BCUT2D eigenvalue weighted by Crippen LogP contribution is -2.38. The Bertz CT molecular complexity index is 830. The zero-order valence-corrected chi connectivity index (χ0v) is 17.5. The van der Waals surface area contributed by atoms with Gasteiger partial charge in [-0.3, -0.25) is 9.59 Å². The van der Waals surface area contributed by atoms with Gasteiger partial charge in [0.15, 0.2) is 0 Å². The number of carbonyl (C=O) groups is 2. The first kappa shape index (κ1) is 22.6. The minimum Gasteiger partial charge on any atom is -0.272 e. The van der Waals surface area contributed by atoms with Gasteiger partial charge < -0.3 is 0 Å². The van der Waals surface area contributed by atoms with Gasteiger partial charge in [0.25, 0.3) is 11.8 Å². The van der Waals surface area contributed by atoms with E-state index >= 15 is 0 Å². The number of hydrogen-bond donors (Lipinski definition) is 2. The highest BCUT2D eigenvalue weighted by atomic mass is 35.5. The largest absolute Gasteiger partial charge is 0.272 e. The molecule has 2 rings (SSSR count). The second kappa shape index (κ2) is 12.0. The molecule has 0 aliphatic rings. The van der Waals surface area contributed by atoms with Crippen molar-refractivity contribution >= 4 is 47.4 Å². The van der Waals surface area contributed by atoms with Gasteiger partial charge in [-0.1, -0.05) is 79.4 Å². The number of hydrazone groups is 2. The van der Waals surface area contributed by atoms with Gasteiger partial charge in [-0.2, -0.15) is 10.2 Å². The van der Waals surface area contributed by atoms with E-state index in [1.54, 1.807) is 36.4 Å². The zero-order valence-electron chi connectivity index (χ0n) is 15.9. The average Bonchev–Trinajstić information content (AvgIpc) is 2.71. The minimum absolute atomic E-state index is 0.386. The van der Waals surface area contributed by atoms with Crippen molar-refractivity contribution in [3.8, 4) is 0 Å². The summed E-state index contributed by atoms with van der Waals surface area (Å²) in [5.41, 5.74) is 6.13. The number of benzene rings is 2. The number of hydrogen-bond acceptors (Lipinski definition) is 4. The third-order valence-corrected chi connectivity index (χ3v) is 4.73. The first-order valence-corrected chi connectivity index (χ1v) is 9.93. The average molecular weight is 433 g/mol. The van der Waals surface area contributed by atoms with Crippen LogP contribution >= 0.6 is 23.2 Å². The van der Waals surface area contributed by atoms with Gasteiger partial charge >= 0.3 is 0 Å². The summed E-state index contributed by atoms with van der Waals surface area (Å²) < 4.78 is 0. The van der Waals surface area contributed by atoms with Crippen molar-refractivity contribution in [1.82, 2.24) is 10.9 Å². The number of nitrogens with one attached hydrogen (secondary N) is 2. The van der Waals surface area contributed by atoms with Crippen LogP contribution in [0, 0.1) is 5.92 Å². The maximum Gasteiger partial charge on any atom is 0.252 e. The van der Waals surface area contributed by atoms with E-state index in [0.29, 0.717) is 34.0 Å². The molecule has 2 N–H and O–H groups in total. The van der Waals surface area contributed by atoms with E-state index in [4.69, 9.17) is 23.2 Å². The van der Waals surface area contributed by atoms with Crippen molar-refractivity contribution < 1.29 is 9.59 Å². The van der Waals surface area contributed by atoms with E-state index in [1.165, 1.54) is 12.4 Å². The summed E-state index contributed by atoms with van der Waals surface area (Å²) in [6, 6.07) is 14.2. The lowest BCUT2D eigenvalue weighted by atomic mass is 10.0. The molecule has 0 radical (unpaired) electrons. The highest BCUT2D eigenvalue weighted by molar-refractivity contribution is 6.33. The van der Waals surface area contributed by atoms with E-state index in [-0.39, 0.29) is 0 Å². The molecule has 2 aromatic rings. The van der Waals surface area contributed by atoms with Crippen molar-refractivity contribution in [1.29, 1.82) is 0 Å². The number of carbonyl (C=O) groups excluding carboxylic acids is 2. The Balaban J connectivity index is 1.99. The molecule has 0 fully saturated rings. The van der Waals surface area contributed by atoms with Crippen LogP contribution in [-0.2, 0) is 9.59 Å². The van der Waals surface area contributed by atoms with Gasteiger partial charge in [0.1, 0.15) is 5.92 Å². The summed E-state index contributed by atoms with van der Waals surface area (Å²) >= 11 is 12.1. The fourth-order valence-electron chi connectivity index (χ4n) is 2.44. The fourth-order valence-corrected chi connectivity index (χ4v) is 2.80. The zero-order chi connectivity index (χ0) is 21.1. The molecule has 0 atom stereocenters. The van der Waals surface area contributed by atoms with Crippen molar-refractivity contribution in [3.05, 3.63) is 69.7 Å². The van der Waals surface area contributed by atoms with Crippen LogP contribution in [0.2, 0.25) is 10.0 Å². The molecular formula is C21H22Cl2N4O2. The lowest BCUT2D eigenvalue weighted by molar-refractivity contribution is -0.135. The maximum absolute atomic E-state index is 12.5. The Morgan fingerprint density at radius 3 is 1.76 bits per heavy atom. The Morgan fingerprint density at radius 2 is 1.34 bits per heavy atom. The lowest BCUT2D eigenvalue weighted by Gasteiger charge is -2.13. The summed E-state index contributed by atoms with van der Waals surface area (Å²) in [5, 5.41) is 8.84. The molecular weight excluding hydrogens is 411 g/mol. The fraction of sp³-hybridized carbons (Fsp3) is 0.238. The molecule has 152 valence electrons. The molecule has 0 unspecified atom stereocenters. The molecule has 0 saturated heterocycles. The number of amides is 2. The van der Waals surface area contributed by atoms with Crippen LogP contribution in [-0.4, -0.2) is 24.2 Å². The molecule has 0 saturated carbocycles. The van der Waals surface area contributed by atoms with Crippen molar-refractivity contribution in [2.24, 2.45) is 16.1 Å². The summed E-state index contributed by atoms with van der Waals surface area (Å²) in [4.78, 5) is 24.9. The third-order valence-electron chi connectivity index (χ3n) is 4.05. The van der Waals surface area contributed by atoms with Gasteiger partial charge in [0, 0.05) is 21.2 Å². The Kier molecular flexibility index (Phi) is 9.34. The van der Waals surface area contributed by atoms with Crippen LogP contribution in [0.1, 0.15) is 37.3 Å². The number of halogens is 2. The summed E-state index contributed by atoms with van der Waals surface area (Å²) in [7, 11) is 0. The highest BCUT2D eigenvalue weighted by Gasteiger charge is 2.25. The van der Waals surface area contributed by atoms with Gasteiger partial charge in [-0.25, -0.2) is 10.9 Å². The second-order valence-electron chi connectivity index (χ2n) is 6.21. The second-order valence-corrected chi connectivity index (χ2v) is 7.02. The van der Waals surface area contributed by atoms with Crippen LogP contribution in [0.25, 0.3) is 0 Å². The number of unbranched alkanes of at least 4 members (excludes halogenated alkanes) is 1. The topological polar surface area (TPSA) is 82.9 Å². The van der Waals surface area contributed by atoms with Crippen molar-refractivity contribution in [2.75, 3.05) is 0 Å². The normalized spacial score (nSPS) is 11.3. The molecule has 6 nitrogen and oxygen atoms in total. The Morgan fingerprint density at radius 1 is 0.897 bits per heavy atom. The summed E-state index contributed by atoms with van der Waals surface area (Å²) in [6.07, 6.45) is 4.82. The van der Waals surface area contributed by atoms with Crippen LogP contribution in [0.5, 0.6) is 0 Å². The quantitative estimate of drug-likeness (QED) is 0.349. The molecule has 0 aliphatic heterocycles. The summed E-state index contributed by atoms with van der Waals surface area (Å²) in [5.74, 6) is -1.93. The van der Waals surface area contributed by atoms with Gasteiger partial charge in [0.05, 0.1) is 12.4 Å². The van der Waals surface area contributed by atoms with Crippen LogP contribution in [0.3, 0.4) is 0 Å². The predicted molar refractivity (Wildman–Crippen MR) is 117 cm³/mol. The van der Waals surface area contributed by atoms with Crippen molar-refractivity contribution in [2.45, 2.75) is 26.2 Å². The van der Waals surface area contributed by atoms with E-state index in [1.807, 2.05) is 19.1 Å². The Labute approximate surface area is 180 Å². The molecule has 2 amide bonds. The molecule has 0 aromatic heterocycles. The first-order valence-electron chi connectivity index (χ1n) is 9.17. The molecule has 0 spiro atoms. The molecule has 2 aromatic carbocycles. The third kappa shape index (κ3) is 7.33. The van der Waals surface area contributed by atoms with Crippen LogP contribution in [0.4, 0.5) is 0 Å². The van der Waals surface area contributed by atoms with Crippen molar-refractivity contribution in [3.63, 3.8) is 0 Å². The number of rotatable bonds is 9. The smallest absolute Gasteiger partial charge is 0.252 e. The molecule has 0 aliphatic carbocycles. The van der Waals surface area contributed by atoms with E-state index in [2.05, 4.69) is 21.1 Å². The minimum atomic E-state index is -0.915.